The van der Waals surface area contributed by atoms with Crippen molar-refractivity contribution >= 4 is 11.6 Å². The second-order valence-corrected chi connectivity index (χ2v) is 5.21. The van der Waals surface area contributed by atoms with Crippen molar-refractivity contribution in [3.8, 4) is 11.6 Å². The zero-order valence-corrected chi connectivity index (χ0v) is 10.9. The number of H-pyrrole nitrogens is 1. The summed E-state index contributed by atoms with van der Waals surface area (Å²) in [7, 11) is 0. The van der Waals surface area contributed by atoms with Crippen LogP contribution in [0.5, 0.6) is 0 Å². The molecule has 0 unspecified atom stereocenters. The second kappa shape index (κ2) is 4.74. The molecule has 2 N–H and O–H groups in total. The molecule has 0 spiro atoms. The molecule has 1 saturated heterocycles. The number of nitrogens with zero attached hydrogens (tertiary/aromatic N) is 2. The van der Waals surface area contributed by atoms with E-state index >= 15 is 0 Å². The van der Waals surface area contributed by atoms with Crippen molar-refractivity contribution in [3.05, 3.63) is 23.1 Å². The van der Waals surface area contributed by atoms with Gasteiger partial charge in [0.2, 0.25) is 0 Å². The second-order valence-electron chi connectivity index (χ2n) is 4.77. The number of halogens is 1. The van der Waals surface area contributed by atoms with Gasteiger partial charge in [-0.3, -0.25) is 0 Å². The third-order valence-electron chi connectivity index (χ3n) is 3.35. The van der Waals surface area contributed by atoms with E-state index in [1.807, 2.05) is 0 Å². The molecule has 5 nitrogen and oxygen atoms in total. The lowest BCUT2D eigenvalue weighted by Gasteiger charge is -2.25. The van der Waals surface area contributed by atoms with Crippen molar-refractivity contribution in [1.82, 2.24) is 20.4 Å². The predicted molar refractivity (Wildman–Crippen MR) is 68.5 cm³/mol. The van der Waals surface area contributed by atoms with Crippen LogP contribution in [0.25, 0.3) is 11.6 Å². The summed E-state index contributed by atoms with van der Waals surface area (Å²) >= 11 is 5.85. The first-order valence-corrected chi connectivity index (χ1v) is 6.51. The SMILES string of the molecule is C[C@@H]1CC[C@H](c2noc(-c3cc(Cl)c[nH]3)n2)CN1. The van der Waals surface area contributed by atoms with E-state index < -0.39 is 0 Å². The lowest BCUT2D eigenvalue weighted by Crippen LogP contribution is -2.36. The number of hydrogen-bond acceptors (Lipinski definition) is 4. The minimum absolute atomic E-state index is 0.337. The van der Waals surface area contributed by atoms with Crippen LogP contribution in [-0.4, -0.2) is 27.7 Å². The van der Waals surface area contributed by atoms with E-state index in [4.69, 9.17) is 16.1 Å². The molecule has 1 aliphatic heterocycles. The highest BCUT2D eigenvalue weighted by Gasteiger charge is 2.24. The van der Waals surface area contributed by atoms with Crippen molar-refractivity contribution < 1.29 is 4.52 Å². The molecular formula is C12H15ClN4O. The first-order chi connectivity index (χ1) is 8.72. The van der Waals surface area contributed by atoms with Crippen LogP contribution in [0.2, 0.25) is 5.02 Å². The molecule has 3 heterocycles. The Morgan fingerprint density at radius 3 is 3.00 bits per heavy atom. The molecule has 0 amide bonds. The van der Waals surface area contributed by atoms with Gasteiger partial charge in [0.05, 0.1) is 5.02 Å². The maximum Gasteiger partial charge on any atom is 0.274 e. The highest BCUT2D eigenvalue weighted by atomic mass is 35.5. The largest absolute Gasteiger partial charge is 0.356 e. The lowest BCUT2D eigenvalue weighted by atomic mass is 9.95. The summed E-state index contributed by atoms with van der Waals surface area (Å²) in [4.78, 5) is 7.44. The van der Waals surface area contributed by atoms with E-state index in [0.29, 0.717) is 22.9 Å². The number of piperidine rings is 1. The highest BCUT2D eigenvalue weighted by molar-refractivity contribution is 6.30. The maximum absolute atomic E-state index is 5.85. The van der Waals surface area contributed by atoms with Crippen LogP contribution in [0.4, 0.5) is 0 Å². The fraction of sp³-hybridized carbons (Fsp3) is 0.500. The normalized spacial score (nSPS) is 24.3. The Morgan fingerprint density at radius 1 is 1.44 bits per heavy atom. The van der Waals surface area contributed by atoms with Crippen molar-refractivity contribution in [2.75, 3.05) is 6.54 Å². The van der Waals surface area contributed by atoms with Gasteiger partial charge in [-0.25, -0.2) is 0 Å². The van der Waals surface area contributed by atoms with E-state index in [2.05, 4.69) is 27.4 Å². The Hall–Kier alpha value is -1.33. The Balaban J connectivity index is 1.77. The van der Waals surface area contributed by atoms with Gasteiger partial charge in [-0.05, 0) is 25.8 Å². The van der Waals surface area contributed by atoms with Gasteiger partial charge >= 0.3 is 0 Å². The van der Waals surface area contributed by atoms with Crippen molar-refractivity contribution in [3.63, 3.8) is 0 Å². The molecule has 6 heteroatoms. The molecule has 0 aromatic carbocycles. The van der Waals surface area contributed by atoms with Crippen LogP contribution < -0.4 is 5.32 Å². The van der Waals surface area contributed by atoms with Gasteiger partial charge in [-0.1, -0.05) is 16.8 Å². The Kier molecular flexibility index (Phi) is 3.09. The van der Waals surface area contributed by atoms with Gasteiger partial charge in [0.15, 0.2) is 5.82 Å². The maximum atomic E-state index is 5.85. The minimum Gasteiger partial charge on any atom is -0.356 e. The highest BCUT2D eigenvalue weighted by Crippen LogP contribution is 2.26. The molecule has 18 heavy (non-hydrogen) atoms. The first kappa shape index (κ1) is 11.7. The molecule has 0 bridgehead atoms. The van der Waals surface area contributed by atoms with Crippen molar-refractivity contribution in [1.29, 1.82) is 0 Å². The van der Waals surface area contributed by atoms with Gasteiger partial charge in [0.1, 0.15) is 5.69 Å². The molecule has 3 rings (SSSR count). The zero-order chi connectivity index (χ0) is 12.5. The van der Waals surface area contributed by atoms with E-state index in [-0.39, 0.29) is 0 Å². The average molecular weight is 267 g/mol. The monoisotopic (exact) mass is 266 g/mol. The third kappa shape index (κ3) is 2.28. The summed E-state index contributed by atoms with van der Waals surface area (Å²) in [6.45, 7) is 3.10. The molecule has 2 atom stereocenters. The number of aromatic amines is 1. The molecule has 0 radical (unpaired) electrons. The van der Waals surface area contributed by atoms with Crippen LogP contribution in [0.1, 0.15) is 31.5 Å². The van der Waals surface area contributed by atoms with Crippen molar-refractivity contribution in [2.24, 2.45) is 0 Å². The number of nitrogens with one attached hydrogen (secondary N) is 2. The summed E-state index contributed by atoms with van der Waals surface area (Å²) in [6.07, 6.45) is 3.94. The van der Waals surface area contributed by atoms with E-state index in [0.717, 1.165) is 30.9 Å². The molecule has 0 aliphatic carbocycles. The number of aromatic nitrogens is 3. The van der Waals surface area contributed by atoms with Crippen LogP contribution in [0.3, 0.4) is 0 Å². The molecular weight excluding hydrogens is 252 g/mol. The van der Waals surface area contributed by atoms with Gasteiger partial charge < -0.3 is 14.8 Å². The smallest absolute Gasteiger partial charge is 0.274 e. The fourth-order valence-electron chi connectivity index (χ4n) is 2.22. The van der Waals surface area contributed by atoms with Crippen LogP contribution in [0, 0.1) is 0 Å². The number of hydrogen-bond donors (Lipinski definition) is 2. The molecule has 2 aromatic heterocycles. The summed E-state index contributed by atoms with van der Waals surface area (Å²) in [5.74, 6) is 1.61. The molecule has 1 fully saturated rings. The Morgan fingerprint density at radius 2 is 2.33 bits per heavy atom. The predicted octanol–water partition coefficient (Wildman–Crippen LogP) is 2.57. The quantitative estimate of drug-likeness (QED) is 0.877. The standard InChI is InChI=1S/C12H15ClN4O/c1-7-2-3-8(5-14-7)11-16-12(18-17-11)10-4-9(13)6-15-10/h4,6-8,14-15H,2-3,5H2,1H3/t7-,8+/m1/s1. The van der Waals surface area contributed by atoms with Crippen molar-refractivity contribution in [2.45, 2.75) is 31.7 Å². The fourth-order valence-corrected chi connectivity index (χ4v) is 2.38. The third-order valence-corrected chi connectivity index (χ3v) is 3.56. The van der Waals surface area contributed by atoms with E-state index in [1.54, 1.807) is 12.3 Å². The summed E-state index contributed by atoms with van der Waals surface area (Å²) in [5.41, 5.74) is 0.760. The summed E-state index contributed by atoms with van der Waals surface area (Å²) in [6, 6.07) is 2.36. The topological polar surface area (TPSA) is 66.7 Å². The summed E-state index contributed by atoms with van der Waals surface area (Å²) in [5, 5.41) is 8.13. The number of rotatable bonds is 2. The molecule has 2 aromatic rings. The van der Waals surface area contributed by atoms with Gasteiger partial charge in [0.25, 0.3) is 5.89 Å². The molecule has 0 saturated carbocycles. The average Bonchev–Trinajstić information content (AvgIpc) is 2.98. The van der Waals surface area contributed by atoms with Gasteiger partial charge in [-0.2, -0.15) is 4.98 Å². The Bertz CT molecular complexity index is 528. The van der Waals surface area contributed by atoms with E-state index in [9.17, 15) is 0 Å². The van der Waals surface area contributed by atoms with Gasteiger partial charge in [0, 0.05) is 24.7 Å². The molecule has 1 aliphatic rings. The Labute approximate surface area is 110 Å². The van der Waals surface area contributed by atoms with Crippen LogP contribution in [0.15, 0.2) is 16.8 Å². The minimum atomic E-state index is 0.337. The molecule has 96 valence electrons. The zero-order valence-electron chi connectivity index (χ0n) is 10.1. The van der Waals surface area contributed by atoms with Crippen LogP contribution in [-0.2, 0) is 0 Å². The van der Waals surface area contributed by atoms with Gasteiger partial charge in [-0.15, -0.1) is 0 Å². The van der Waals surface area contributed by atoms with E-state index in [1.165, 1.54) is 0 Å². The summed E-state index contributed by atoms with van der Waals surface area (Å²) < 4.78 is 5.27. The lowest BCUT2D eigenvalue weighted by molar-refractivity contribution is 0.358. The first-order valence-electron chi connectivity index (χ1n) is 6.13. The van der Waals surface area contributed by atoms with Crippen LogP contribution >= 0.6 is 11.6 Å².